The summed E-state index contributed by atoms with van der Waals surface area (Å²) in [6.45, 7) is 6.26. The van der Waals surface area contributed by atoms with Crippen LogP contribution in [0, 0.1) is 5.82 Å². The average molecular weight is 408 g/mol. The third-order valence-electron chi connectivity index (χ3n) is 4.47. The molecule has 2 aromatic rings. The fraction of sp³-hybridized carbons (Fsp3) is 0.350. The van der Waals surface area contributed by atoms with E-state index in [0.717, 1.165) is 5.56 Å². The highest BCUT2D eigenvalue weighted by atomic mass is 32.2. The maximum Gasteiger partial charge on any atom is 0.315 e. The van der Waals surface area contributed by atoms with E-state index in [9.17, 15) is 17.6 Å². The van der Waals surface area contributed by atoms with E-state index in [1.165, 1.54) is 10.4 Å². The number of nitrogens with zero attached hydrogens (tertiary/aromatic N) is 1. The lowest BCUT2D eigenvalue weighted by molar-refractivity contribution is 0.237. The molecule has 2 rings (SSSR count). The van der Waals surface area contributed by atoms with Gasteiger partial charge in [-0.15, -0.1) is 0 Å². The molecule has 0 aromatic heterocycles. The molecular formula is C20H26FN3O3S. The lowest BCUT2D eigenvalue weighted by Gasteiger charge is -2.19. The van der Waals surface area contributed by atoms with Gasteiger partial charge >= 0.3 is 6.03 Å². The van der Waals surface area contributed by atoms with Crippen LogP contribution in [-0.4, -0.2) is 31.8 Å². The maximum absolute atomic E-state index is 13.6. The zero-order valence-corrected chi connectivity index (χ0v) is 17.1. The van der Waals surface area contributed by atoms with Crippen molar-refractivity contribution < 1.29 is 17.6 Å². The van der Waals surface area contributed by atoms with Crippen molar-refractivity contribution in [2.45, 2.75) is 38.3 Å². The first-order valence-corrected chi connectivity index (χ1v) is 10.6. The molecule has 0 radical (unpaired) electrons. The van der Waals surface area contributed by atoms with Gasteiger partial charge in [-0.05, 0) is 30.7 Å². The molecule has 0 saturated carbocycles. The first kappa shape index (κ1) is 21.8. The number of carbonyl (C=O) groups is 1. The monoisotopic (exact) mass is 407 g/mol. The number of nitrogens with one attached hydrogen (secondary N) is 2. The topological polar surface area (TPSA) is 78.5 Å². The van der Waals surface area contributed by atoms with Crippen LogP contribution < -0.4 is 10.6 Å². The molecule has 0 aliphatic heterocycles. The van der Waals surface area contributed by atoms with Crippen LogP contribution in [0.15, 0.2) is 53.4 Å². The highest BCUT2D eigenvalue weighted by molar-refractivity contribution is 7.89. The number of sulfonamides is 1. The molecule has 0 unspecified atom stereocenters. The third kappa shape index (κ3) is 5.30. The summed E-state index contributed by atoms with van der Waals surface area (Å²) in [5.41, 5.74) is 1.16. The molecule has 0 fully saturated rings. The van der Waals surface area contributed by atoms with Crippen LogP contribution in [-0.2, 0) is 16.6 Å². The zero-order chi connectivity index (χ0) is 20.7. The largest absolute Gasteiger partial charge is 0.334 e. The summed E-state index contributed by atoms with van der Waals surface area (Å²) < 4.78 is 40.0. The highest BCUT2D eigenvalue weighted by Gasteiger charge is 2.21. The van der Waals surface area contributed by atoms with Crippen molar-refractivity contribution in [3.63, 3.8) is 0 Å². The molecule has 0 heterocycles. The van der Waals surface area contributed by atoms with Crippen LogP contribution >= 0.6 is 0 Å². The number of halogens is 1. The van der Waals surface area contributed by atoms with Crippen LogP contribution in [0.2, 0.25) is 0 Å². The molecule has 152 valence electrons. The first-order chi connectivity index (χ1) is 13.3. The minimum Gasteiger partial charge on any atom is -0.334 e. The SMILES string of the molecule is CCN(CC)S(=O)(=O)c1ccc([C@H](C)NC(=O)NCc2ccccc2F)cc1. The third-order valence-corrected chi connectivity index (χ3v) is 6.53. The highest BCUT2D eigenvalue weighted by Crippen LogP contribution is 2.19. The smallest absolute Gasteiger partial charge is 0.315 e. The van der Waals surface area contributed by atoms with Gasteiger partial charge < -0.3 is 10.6 Å². The van der Waals surface area contributed by atoms with Crippen LogP contribution in [0.5, 0.6) is 0 Å². The number of urea groups is 1. The van der Waals surface area contributed by atoms with E-state index in [-0.39, 0.29) is 23.3 Å². The number of benzene rings is 2. The molecular weight excluding hydrogens is 381 g/mol. The van der Waals surface area contributed by atoms with Crippen molar-refractivity contribution in [3.05, 3.63) is 65.5 Å². The van der Waals surface area contributed by atoms with E-state index < -0.39 is 16.1 Å². The van der Waals surface area contributed by atoms with Crippen LogP contribution in [0.1, 0.15) is 37.9 Å². The van der Waals surface area contributed by atoms with Crippen molar-refractivity contribution >= 4 is 16.1 Å². The Bertz CT molecular complexity index is 897. The summed E-state index contributed by atoms with van der Waals surface area (Å²) in [7, 11) is -3.51. The Morgan fingerprint density at radius 2 is 1.68 bits per heavy atom. The molecule has 1 atom stereocenters. The van der Waals surface area contributed by atoms with Gasteiger partial charge in [0, 0.05) is 25.2 Å². The average Bonchev–Trinajstić information content (AvgIpc) is 2.68. The van der Waals surface area contributed by atoms with Crippen molar-refractivity contribution in [1.82, 2.24) is 14.9 Å². The number of hydrogen-bond acceptors (Lipinski definition) is 3. The minimum absolute atomic E-state index is 0.0757. The lowest BCUT2D eigenvalue weighted by Crippen LogP contribution is -2.36. The van der Waals surface area contributed by atoms with Crippen molar-refractivity contribution in [3.8, 4) is 0 Å². The van der Waals surface area contributed by atoms with E-state index >= 15 is 0 Å². The first-order valence-electron chi connectivity index (χ1n) is 9.17. The van der Waals surface area contributed by atoms with Crippen LogP contribution in [0.25, 0.3) is 0 Å². The summed E-state index contributed by atoms with van der Waals surface area (Å²) in [6.07, 6.45) is 0. The Balaban J connectivity index is 1.98. The maximum atomic E-state index is 13.6. The molecule has 2 N–H and O–H groups in total. The normalized spacial score (nSPS) is 12.6. The van der Waals surface area contributed by atoms with Gasteiger partial charge in [-0.2, -0.15) is 4.31 Å². The molecule has 8 heteroatoms. The molecule has 0 aliphatic carbocycles. The molecule has 2 aromatic carbocycles. The molecule has 6 nitrogen and oxygen atoms in total. The zero-order valence-electron chi connectivity index (χ0n) is 16.3. The minimum atomic E-state index is -3.51. The molecule has 0 bridgehead atoms. The number of rotatable bonds is 8. The van der Waals surface area contributed by atoms with Gasteiger partial charge in [0.25, 0.3) is 0 Å². The summed E-state index contributed by atoms with van der Waals surface area (Å²) >= 11 is 0. The van der Waals surface area contributed by atoms with E-state index in [4.69, 9.17) is 0 Å². The number of carbonyl (C=O) groups excluding carboxylic acids is 1. The van der Waals surface area contributed by atoms with Crippen molar-refractivity contribution in [1.29, 1.82) is 0 Å². The standard InChI is InChI=1S/C20H26FN3O3S/c1-4-24(5-2)28(26,27)18-12-10-16(11-13-18)15(3)23-20(25)22-14-17-8-6-7-9-19(17)21/h6-13,15H,4-5,14H2,1-3H3,(H2,22,23,25)/t15-/m0/s1. The van der Waals surface area contributed by atoms with E-state index in [0.29, 0.717) is 18.7 Å². The Hall–Kier alpha value is -2.45. The summed E-state index contributed by atoms with van der Waals surface area (Å²) in [5.74, 6) is -0.374. The molecule has 0 saturated heterocycles. The number of amides is 2. The fourth-order valence-electron chi connectivity index (χ4n) is 2.79. The predicted octanol–water partition coefficient (Wildman–Crippen LogP) is 3.42. The second-order valence-electron chi connectivity index (χ2n) is 6.30. The van der Waals surface area contributed by atoms with Crippen LogP contribution in [0.3, 0.4) is 0 Å². The lowest BCUT2D eigenvalue weighted by atomic mass is 10.1. The van der Waals surface area contributed by atoms with Gasteiger partial charge in [0.05, 0.1) is 10.9 Å². The second kappa shape index (κ2) is 9.66. The molecule has 2 amide bonds. The van der Waals surface area contributed by atoms with Crippen molar-refractivity contribution in [2.24, 2.45) is 0 Å². The van der Waals surface area contributed by atoms with E-state index in [2.05, 4.69) is 10.6 Å². The second-order valence-corrected chi connectivity index (χ2v) is 8.24. The van der Waals surface area contributed by atoms with Gasteiger partial charge in [-0.3, -0.25) is 0 Å². The Kier molecular flexibility index (Phi) is 7.53. The van der Waals surface area contributed by atoms with Gasteiger partial charge in [-0.1, -0.05) is 44.2 Å². The molecule has 0 spiro atoms. The van der Waals surface area contributed by atoms with Gasteiger partial charge in [0.1, 0.15) is 5.82 Å². The molecule has 28 heavy (non-hydrogen) atoms. The van der Waals surface area contributed by atoms with Gasteiger partial charge in [0.15, 0.2) is 0 Å². The summed E-state index contributed by atoms with van der Waals surface area (Å²) in [6, 6.07) is 11.9. The van der Waals surface area contributed by atoms with E-state index in [1.807, 2.05) is 0 Å². The Morgan fingerprint density at radius 1 is 1.07 bits per heavy atom. The Labute approximate surface area is 165 Å². The molecule has 0 aliphatic rings. The van der Waals surface area contributed by atoms with Crippen LogP contribution in [0.4, 0.5) is 9.18 Å². The van der Waals surface area contributed by atoms with E-state index in [1.54, 1.807) is 63.2 Å². The predicted molar refractivity (Wildman–Crippen MR) is 107 cm³/mol. The van der Waals surface area contributed by atoms with Crippen molar-refractivity contribution in [2.75, 3.05) is 13.1 Å². The number of hydrogen-bond donors (Lipinski definition) is 2. The Morgan fingerprint density at radius 3 is 2.25 bits per heavy atom. The quantitative estimate of drug-likeness (QED) is 0.704. The van der Waals surface area contributed by atoms with Gasteiger partial charge in [-0.25, -0.2) is 17.6 Å². The fourth-order valence-corrected chi connectivity index (χ4v) is 4.25. The summed E-state index contributed by atoms with van der Waals surface area (Å²) in [5, 5.41) is 5.37. The van der Waals surface area contributed by atoms with Gasteiger partial charge in [0.2, 0.25) is 10.0 Å². The summed E-state index contributed by atoms with van der Waals surface area (Å²) in [4.78, 5) is 12.3.